The van der Waals surface area contributed by atoms with Crippen LogP contribution in [0, 0.1) is 12.8 Å². The molecule has 1 aromatic carbocycles. The summed E-state index contributed by atoms with van der Waals surface area (Å²) in [6.45, 7) is 1.96. The Morgan fingerprint density at radius 1 is 1.29 bits per heavy atom. The van der Waals surface area contributed by atoms with E-state index in [1.165, 1.54) is 19.3 Å². The van der Waals surface area contributed by atoms with Gasteiger partial charge < -0.3 is 5.32 Å². The second-order valence-corrected chi connectivity index (χ2v) is 5.22. The van der Waals surface area contributed by atoms with Crippen molar-refractivity contribution >= 4 is 23.2 Å². The highest BCUT2D eigenvalue weighted by Gasteiger charge is 2.21. The number of carbonyl (C=O) groups excluding carboxylic acids is 1. The molecule has 2 nitrogen and oxygen atoms in total. The van der Waals surface area contributed by atoms with Crippen LogP contribution in [-0.4, -0.2) is 5.91 Å². The highest BCUT2D eigenvalue weighted by atomic mass is 35.5. The fourth-order valence-corrected chi connectivity index (χ4v) is 2.59. The van der Waals surface area contributed by atoms with Crippen LogP contribution in [0.15, 0.2) is 18.2 Å². The van der Waals surface area contributed by atoms with Crippen LogP contribution in [-0.2, 0) is 4.79 Å². The molecule has 0 radical (unpaired) electrons. The van der Waals surface area contributed by atoms with Crippen LogP contribution in [0.4, 0.5) is 5.69 Å². The lowest BCUT2D eigenvalue weighted by Crippen LogP contribution is -2.25. The van der Waals surface area contributed by atoms with Crippen LogP contribution in [0.5, 0.6) is 0 Å². The van der Waals surface area contributed by atoms with E-state index in [0.29, 0.717) is 5.02 Å². The van der Waals surface area contributed by atoms with Crippen LogP contribution in [0.1, 0.15) is 37.7 Å². The Bertz CT molecular complexity index is 411. The number of benzene rings is 1. The molecule has 2 rings (SSSR count). The highest BCUT2D eigenvalue weighted by molar-refractivity contribution is 6.30. The van der Waals surface area contributed by atoms with Crippen molar-refractivity contribution in [3.8, 4) is 0 Å². The molecule has 0 saturated heterocycles. The lowest BCUT2D eigenvalue weighted by Gasteiger charge is -2.21. The quantitative estimate of drug-likeness (QED) is 0.840. The van der Waals surface area contributed by atoms with Crippen molar-refractivity contribution in [3.05, 3.63) is 28.8 Å². The molecule has 0 aromatic heterocycles. The van der Waals surface area contributed by atoms with Crippen LogP contribution >= 0.6 is 11.6 Å². The average molecular weight is 252 g/mol. The van der Waals surface area contributed by atoms with Crippen LogP contribution in [0.3, 0.4) is 0 Å². The van der Waals surface area contributed by atoms with E-state index >= 15 is 0 Å². The van der Waals surface area contributed by atoms with Gasteiger partial charge in [0.15, 0.2) is 0 Å². The standard InChI is InChI=1S/C14H18ClNO/c1-10-9-12(15)7-8-13(10)16-14(17)11-5-3-2-4-6-11/h7-9,11H,2-6H2,1H3,(H,16,17). The number of anilines is 1. The van der Waals surface area contributed by atoms with Crippen molar-refractivity contribution < 1.29 is 4.79 Å². The lowest BCUT2D eigenvalue weighted by atomic mass is 9.88. The molecule has 17 heavy (non-hydrogen) atoms. The number of aryl methyl sites for hydroxylation is 1. The van der Waals surface area contributed by atoms with Crippen LogP contribution in [0.2, 0.25) is 5.02 Å². The van der Waals surface area contributed by atoms with Gasteiger partial charge in [-0.2, -0.15) is 0 Å². The van der Waals surface area contributed by atoms with Gasteiger partial charge in [0.1, 0.15) is 0 Å². The summed E-state index contributed by atoms with van der Waals surface area (Å²) in [5.41, 5.74) is 1.90. The summed E-state index contributed by atoms with van der Waals surface area (Å²) in [4.78, 5) is 12.1. The molecular formula is C14H18ClNO. The second kappa shape index (κ2) is 5.54. The first-order chi connectivity index (χ1) is 8.16. The molecule has 1 fully saturated rings. The minimum Gasteiger partial charge on any atom is -0.326 e. The maximum atomic E-state index is 12.1. The highest BCUT2D eigenvalue weighted by Crippen LogP contribution is 2.26. The summed E-state index contributed by atoms with van der Waals surface area (Å²) in [7, 11) is 0. The van der Waals surface area contributed by atoms with E-state index in [-0.39, 0.29) is 11.8 Å². The Morgan fingerprint density at radius 2 is 2.00 bits per heavy atom. The summed E-state index contributed by atoms with van der Waals surface area (Å²) in [6.07, 6.45) is 5.68. The number of rotatable bonds is 2. The third-order valence-corrected chi connectivity index (χ3v) is 3.66. The maximum Gasteiger partial charge on any atom is 0.227 e. The van der Waals surface area contributed by atoms with Crippen LogP contribution in [0.25, 0.3) is 0 Å². The third-order valence-electron chi connectivity index (χ3n) is 3.42. The molecule has 1 aliphatic carbocycles. The molecule has 0 bridgehead atoms. The largest absolute Gasteiger partial charge is 0.326 e. The van der Waals surface area contributed by atoms with Crippen molar-refractivity contribution in [2.45, 2.75) is 39.0 Å². The number of carbonyl (C=O) groups is 1. The molecule has 0 heterocycles. The molecule has 1 saturated carbocycles. The predicted octanol–water partition coefficient (Wildman–Crippen LogP) is 4.17. The zero-order valence-electron chi connectivity index (χ0n) is 10.1. The lowest BCUT2D eigenvalue weighted by molar-refractivity contribution is -0.120. The molecule has 0 unspecified atom stereocenters. The minimum absolute atomic E-state index is 0.162. The SMILES string of the molecule is Cc1cc(Cl)ccc1NC(=O)C1CCCCC1. The summed E-state index contributed by atoms with van der Waals surface area (Å²) >= 11 is 5.89. The fourth-order valence-electron chi connectivity index (χ4n) is 2.37. The van der Waals surface area contributed by atoms with Gasteiger partial charge in [0, 0.05) is 16.6 Å². The van der Waals surface area contributed by atoms with Gasteiger partial charge >= 0.3 is 0 Å². The molecule has 0 atom stereocenters. The first kappa shape index (κ1) is 12.4. The van der Waals surface area contributed by atoms with Crippen molar-refractivity contribution in [1.29, 1.82) is 0 Å². The van der Waals surface area contributed by atoms with E-state index in [2.05, 4.69) is 5.32 Å². The van der Waals surface area contributed by atoms with Gasteiger partial charge in [-0.3, -0.25) is 4.79 Å². The minimum atomic E-state index is 0.162. The van der Waals surface area contributed by atoms with E-state index in [1.807, 2.05) is 25.1 Å². The molecule has 0 spiro atoms. The van der Waals surface area contributed by atoms with Gasteiger partial charge in [-0.1, -0.05) is 30.9 Å². The Hall–Kier alpha value is -1.02. The molecule has 92 valence electrons. The first-order valence-electron chi connectivity index (χ1n) is 6.24. The predicted molar refractivity (Wildman–Crippen MR) is 71.4 cm³/mol. The smallest absolute Gasteiger partial charge is 0.227 e. The maximum absolute atomic E-state index is 12.1. The van der Waals surface area contributed by atoms with Crippen LogP contribution < -0.4 is 5.32 Å². The van der Waals surface area contributed by atoms with Crippen molar-refractivity contribution in [2.75, 3.05) is 5.32 Å². The van der Waals surface area contributed by atoms with Crippen molar-refractivity contribution in [1.82, 2.24) is 0 Å². The third kappa shape index (κ3) is 3.22. The number of amides is 1. The Labute approximate surface area is 107 Å². The Morgan fingerprint density at radius 3 is 2.65 bits per heavy atom. The number of hydrogen-bond donors (Lipinski definition) is 1. The van der Waals surface area contributed by atoms with Gasteiger partial charge in [0.2, 0.25) is 5.91 Å². The summed E-state index contributed by atoms with van der Waals surface area (Å²) in [6, 6.07) is 5.56. The van der Waals surface area contributed by atoms with Gasteiger partial charge in [0.25, 0.3) is 0 Å². The van der Waals surface area contributed by atoms with Gasteiger partial charge in [-0.05, 0) is 43.5 Å². The van der Waals surface area contributed by atoms with E-state index in [4.69, 9.17) is 11.6 Å². The molecule has 1 N–H and O–H groups in total. The fraction of sp³-hybridized carbons (Fsp3) is 0.500. The van der Waals surface area contributed by atoms with Gasteiger partial charge in [-0.15, -0.1) is 0 Å². The normalized spacial score (nSPS) is 16.8. The van der Waals surface area contributed by atoms with Crippen molar-refractivity contribution in [3.63, 3.8) is 0 Å². The number of nitrogens with one attached hydrogen (secondary N) is 1. The zero-order chi connectivity index (χ0) is 12.3. The second-order valence-electron chi connectivity index (χ2n) is 4.78. The molecule has 1 aliphatic rings. The number of hydrogen-bond acceptors (Lipinski definition) is 1. The molecule has 3 heteroatoms. The summed E-state index contributed by atoms with van der Waals surface area (Å²) in [5, 5.41) is 3.72. The number of halogens is 1. The van der Waals surface area contributed by atoms with Crippen molar-refractivity contribution in [2.24, 2.45) is 5.92 Å². The Kier molecular flexibility index (Phi) is 4.06. The summed E-state index contributed by atoms with van der Waals surface area (Å²) in [5.74, 6) is 0.356. The monoisotopic (exact) mass is 251 g/mol. The topological polar surface area (TPSA) is 29.1 Å². The Balaban J connectivity index is 2.02. The van der Waals surface area contributed by atoms with Gasteiger partial charge in [-0.25, -0.2) is 0 Å². The van der Waals surface area contributed by atoms with Gasteiger partial charge in [0.05, 0.1) is 0 Å². The van der Waals surface area contributed by atoms with E-state index < -0.39 is 0 Å². The zero-order valence-corrected chi connectivity index (χ0v) is 10.9. The average Bonchev–Trinajstić information content (AvgIpc) is 2.34. The van der Waals surface area contributed by atoms with E-state index in [1.54, 1.807) is 0 Å². The van der Waals surface area contributed by atoms with E-state index in [0.717, 1.165) is 24.1 Å². The van der Waals surface area contributed by atoms with E-state index in [9.17, 15) is 4.79 Å². The molecule has 1 aromatic rings. The molecule has 0 aliphatic heterocycles. The molecule has 1 amide bonds. The molecular weight excluding hydrogens is 234 g/mol. The first-order valence-corrected chi connectivity index (χ1v) is 6.61. The summed E-state index contributed by atoms with van der Waals surface area (Å²) < 4.78 is 0.